The zero-order valence-corrected chi connectivity index (χ0v) is 19.6. The third kappa shape index (κ3) is 5.75. The van der Waals surface area contributed by atoms with Gasteiger partial charge in [0, 0.05) is 11.7 Å². The number of ketones is 1. The topological polar surface area (TPSA) is 110 Å². The number of carbonyl (C=O) groups is 2. The Balaban J connectivity index is 2.46. The van der Waals surface area contributed by atoms with Crippen molar-refractivity contribution in [3.05, 3.63) is 48.6 Å². The summed E-state index contributed by atoms with van der Waals surface area (Å²) in [7, 11) is 0.444. The van der Waals surface area contributed by atoms with Crippen LogP contribution in [0.5, 0.6) is 17.2 Å². The number of phenolic OH excluding ortho intramolecular Hbond substituents is 1. The van der Waals surface area contributed by atoms with E-state index in [1.54, 1.807) is 24.3 Å². The number of carboxylic acids is 1. The lowest BCUT2D eigenvalue weighted by Gasteiger charge is -2.17. The van der Waals surface area contributed by atoms with E-state index >= 15 is 0 Å². The van der Waals surface area contributed by atoms with Crippen LogP contribution in [-0.2, 0) is 11.2 Å². The van der Waals surface area contributed by atoms with E-state index in [2.05, 4.69) is 22.6 Å². The SMILES string of the molecule is CPCC(=O)c1c(CC(N)C(=O)O)ccc(Oc2ccc(O)cc2I)c1I. The van der Waals surface area contributed by atoms with Gasteiger partial charge in [-0.1, -0.05) is 6.07 Å². The number of carbonyl (C=O) groups excluding carboxylic acids is 1. The first-order valence-corrected chi connectivity index (χ1v) is 11.7. The number of aliphatic carboxylic acids is 1. The van der Waals surface area contributed by atoms with Gasteiger partial charge in [0.05, 0.1) is 7.14 Å². The zero-order valence-electron chi connectivity index (χ0n) is 14.3. The summed E-state index contributed by atoms with van der Waals surface area (Å²) in [6, 6.07) is 7.07. The molecule has 0 amide bonds. The Bertz CT molecular complexity index is 875. The van der Waals surface area contributed by atoms with Crippen LogP contribution in [0.4, 0.5) is 0 Å². The van der Waals surface area contributed by atoms with E-state index in [-0.39, 0.29) is 18.0 Å². The van der Waals surface area contributed by atoms with E-state index in [4.69, 9.17) is 15.6 Å². The summed E-state index contributed by atoms with van der Waals surface area (Å²) in [6.07, 6.45) is 0.446. The molecule has 6 nitrogen and oxygen atoms in total. The van der Waals surface area contributed by atoms with Gasteiger partial charge in [0.2, 0.25) is 0 Å². The molecule has 2 atom stereocenters. The van der Waals surface area contributed by atoms with Crippen molar-refractivity contribution in [2.45, 2.75) is 12.5 Å². The number of aromatic hydroxyl groups is 1. The monoisotopic (exact) mass is 613 g/mol. The molecule has 2 aromatic rings. The molecule has 27 heavy (non-hydrogen) atoms. The summed E-state index contributed by atoms with van der Waals surface area (Å²) in [5, 5.41) is 18.6. The van der Waals surface area contributed by atoms with Gasteiger partial charge in [-0.05, 0) is 88.1 Å². The fraction of sp³-hybridized carbons (Fsp3) is 0.222. The third-order valence-electron chi connectivity index (χ3n) is 3.70. The second-order valence-electron chi connectivity index (χ2n) is 5.73. The Kier molecular flexibility index (Phi) is 8.26. The minimum atomic E-state index is -1.11. The minimum Gasteiger partial charge on any atom is -0.508 e. The van der Waals surface area contributed by atoms with E-state index in [0.717, 1.165) is 3.57 Å². The highest BCUT2D eigenvalue weighted by atomic mass is 127. The van der Waals surface area contributed by atoms with Crippen molar-refractivity contribution in [2.75, 3.05) is 12.8 Å². The minimum absolute atomic E-state index is 0.0568. The van der Waals surface area contributed by atoms with Crippen LogP contribution in [0, 0.1) is 7.14 Å². The molecule has 2 unspecified atom stereocenters. The number of carboxylic acid groups (broad SMARTS) is 1. The van der Waals surface area contributed by atoms with Crippen molar-refractivity contribution in [1.82, 2.24) is 0 Å². The van der Waals surface area contributed by atoms with Crippen molar-refractivity contribution in [3.8, 4) is 17.2 Å². The first-order chi connectivity index (χ1) is 12.7. The lowest BCUT2D eigenvalue weighted by Crippen LogP contribution is -2.33. The number of benzene rings is 2. The second-order valence-corrected chi connectivity index (χ2v) is 9.03. The number of ether oxygens (including phenoxy) is 1. The van der Waals surface area contributed by atoms with Crippen LogP contribution in [0.1, 0.15) is 15.9 Å². The molecule has 2 rings (SSSR count). The predicted octanol–water partition coefficient (Wildman–Crippen LogP) is 3.84. The van der Waals surface area contributed by atoms with Crippen LogP contribution < -0.4 is 10.5 Å². The molecule has 0 aliphatic heterocycles. The van der Waals surface area contributed by atoms with Gasteiger partial charge in [0.15, 0.2) is 5.78 Å². The van der Waals surface area contributed by atoms with Crippen LogP contribution in [0.3, 0.4) is 0 Å². The molecule has 0 aliphatic rings. The van der Waals surface area contributed by atoms with Crippen molar-refractivity contribution in [2.24, 2.45) is 5.73 Å². The number of phenols is 1. The van der Waals surface area contributed by atoms with Gasteiger partial charge in [-0.2, -0.15) is 0 Å². The number of nitrogens with two attached hydrogens (primary N) is 1. The average Bonchev–Trinajstić information content (AvgIpc) is 2.59. The summed E-state index contributed by atoms with van der Waals surface area (Å²) in [5.74, 6) is 0.0180. The smallest absolute Gasteiger partial charge is 0.320 e. The molecule has 4 N–H and O–H groups in total. The highest BCUT2D eigenvalue weighted by Crippen LogP contribution is 2.35. The average molecular weight is 613 g/mol. The molecule has 0 aromatic heterocycles. The van der Waals surface area contributed by atoms with Crippen molar-refractivity contribution < 1.29 is 24.5 Å². The molecular formula is C18H18I2NO5P. The Morgan fingerprint density at radius 2 is 1.89 bits per heavy atom. The molecule has 0 radical (unpaired) electrons. The van der Waals surface area contributed by atoms with Gasteiger partial charge in [-0.3, -0.25) is 9.59 Å². The normalized spacial score (nSPS) is 12.3. The van der Waals surface area contributed by atoms with Gasteiger partial charge in [0.1, 0.15) is 23.3 Å². The maximum absolute atomic E-state index is 12.7. The molecule has 9 heteroatoms. The molecule has 144 valence electrons. The van der Waals surface area contributed by atoms with E-state index in [1.165, 1.54) is 6.07 Å². The second kappa shape index (κ2) is 9.99. The molecule has 0 heterocycles. The lowest BCUT2D eigenvalue weighted by molar-refractivity contribution is -0.138. The molecule has 0 aliphatic carbocycles. The van der Waals surface area contributed by atoms with Crippen LogP contribution in [0.2, 0.25) is 0 Å². The Morgan fingerprint density at radius 1 is 1.22 bits per heavy atom. The summed E-state index contributed by atoms with van der Waals surface area (Å²) >= 11 is 4.10. The van der Waals surface area contributed by atoms with Crippen LogP contribution in [-0.4, -0.2) is 40.8 Å². The van der Waals surface area contributed by atoms with Crippen LogP contribution >= 0.6 is 53.8 Å². The Labute approximate surface area is 185 Å². The van der Waals surface area contributed by atoms with Gasteiger partial charge in [0.25, 0.3) is 0 Å². The van der Waals surface area contributed by atoms with Crippen molar-refractivity contribution in [3.63, 3.8) is 0 Å². The Hall–Kier alpha value is -0.970. The first-order valence-electron chi connectivity index (χ1n) is 7.88. The first kappa shape index (κ1) is 22.3. The fourth-order valence-corrected chi connectivity index (χ4v) is 4.46. The van der Waals surface area contributed by atoms with Crippen LogP contribution in [0.25, 0.3) is 0 Å². The standard InChI is InChI=1S/C18H18I2NO5P/c1-27-8-13(23)16-9(6-12(21)18(24)25)2-4-15(17(16)20)26-14-5-3-10(22)7-11(14)19/h2-5,7,12,22,27H,6,8,21H2,1H3,(H,24,25). The zero-order chi connectivity index (χ0) is 20.1. The number of rotatable bonds is 8. The van der Waals surface area contributed by atoms with Crippen LogP contribution in [0.15, 0.2) is 30.3 Å². The summed E-state index contributed by atoms with van der Waals surface area (Å²) < 4.78 is 7.29. The maximum atomic E-state index is 12.7. The van der Waals surface area contributed by atoms with Gasteiger partial charge >= 0.3 is 5.97 Å². The fourth-order valence-electron chi connectivity index (χ4n) is 2.41. The van der Waals surface area contributed by atoms with Crippen molar-refractivity contribution >= 4 is 65.5 Å². The number of halogens is 2. The lowest BCUT2D eigenvalue weighted by atomic mass is 9.98. The molecule has 0 saturated heterocycles. The quantitative estimate of drug-likeness (QED) is 0.237. The number of hydrogen-bond donors (Lipinski definition) is 3. The van der Waals surface area contributed by atoms with Gasteiger partial charge in [-0.15, -0.1) is 8.58 Å². The molecule has 0 spiro atoms. The molecule has 0 bridgehead atoms. The summed E-state index contributed by atoms with van der Waals surface area (Å²) in [4.78, 5) is 23.8. The number of Topliss-reactive ketones (excluding diaryl/α,β-unsaturated/α-hetero) is 1. The third-order valence-corrected chi connectivity index (χ3v) is 6.29. The summed E-state index contributed by atoms with van der Waals surface area (Å²) in [5.41, 5.74) is 6.74. The largest absolute Gasteiger partial charge is 0.508 e. The number of hydrogen-bond acceptors (Lipinski definition) is 5. The molecule has 0 saturated carbocycles. The van der Waals surface area contributed by atoms with Gasteiger partial charge in [-0.25, -0.2) is 0 Å². The highest BCUT2D eigenvalue weighted by Gasteiger charge is 2.22. The maximum Gasteiger partial charge on any atom is 0.320 e. The molecule has 0 fully saturated rings. The van der Waals surface area contributed by atoms with E-state index in [0.29, 0.717) is 40.9 Å². The van der Waals surface area contributed by atoms with Gasteiger partial charge < -0.3 is 20.7 Å². The van der Waals surface area contributed by atoms with E-state index in [1.807, 2.05) is 29.3 Å². The molecule has 2 aromatic carbocycles. The summed E-state index contributed by atoms with van der Waals surface area (Å²) in [6.45, 7) is 1.94. The Morgan fingerprint density at radius 3 is 2.48 bits per heavy atom. The molecular weight excluding hydrogens is 595 g/mol. The van der Waals surface area contributed by atoms with Crippen molar-refractivity contribution in [1.29, 1.82) is 0 Å². The van der Waals surface area contributed by atoms with E-state index < -0.39 is 12.0 Å². The predicted molar refractivity (Wildman–Crippen MR) is 123 cm³/mol. The van der Waals surface area contributed by atoms with E-state index in [9.17, 15) is 14.7 Å². The highest BCUT2D eigenvalue weighted by molar-refractivity contribution is 14.1.